The first-order valence-corrected chi connectivity index (χ1v) is 5.64. The fraction of sp³-hybridized carbons (Fsp3) is 0.800. The Kier molecular flexibility index (Phi) is 4.39. The van der Waals surface area contributed by atoms with E-state index < -0.39 is 5.38 Å². The minimum Gasteiger partial charge on any atom is -0.341 e. The van der Waals surface area contributed by atoms with Crippen LogP contribution >= 0.6 is 11.6 Å². The molecule has 2 amide bonds. The monoisotopic (exact) mass is 232 g/mol. The zero-order valence-electron chi connectivity index (χ0n) is 9.20. The van der Waals surface area contributed by atoms with Crippen LogP contribution in [0, 0.1) is 0 Å². The van der Waals surface area contributed by atoms with Gasteiger partial charge in [-0.25, -0.2) is 0 Å². The van der Waals surface area contributed by atoms with E-state index in [9.17, 15) is 9.59 Å². The Morgan fingerprint density at radius 2 is 1.67 bits per heavy atom. The number of carbonyl (C=O) groups excluding carboxylic acids is 2. The van der Waals surface area contributed by atoms with Crippen molar-refractivity contribution in [1.29, 1.82) is 0 Å². The second-order valence-corrected chi connectivity index (χ2v) is 4.46. The van der Waals surface area contributed by atoms with Crippen LogP contribution in [0.25, 0.3) is 0 Å². The molecule has 0 aliphatic carbocycles. The number of nitrogens with zero attached hydrogens (tertiary/aromatic N) is 2. The van der Waals surface area contributed by atoms with E-state index in [1.54, 1.807) is 23.6 Å². The highest BCUT2D eigenvalue weighted by molar-refractivity contribution is 6.30. The standard InChI is InChI=1S/C10H17ClN2O2/c1-8(11)10(15)13-5-3-4-12(6-7-13)9(2)14/h8H,3-7H2,1-2H3. The molecule has 1 aliphatic heterocycles. The summed E-state index contributed by atoms with van der Waals surface area (Å²) >= 11 is 5.74. The summed E-state index contributed by atoms with van der Waals surface area (Å²) in [4.78, 5) is 26.3. The average molecular weight is 233 g/mol. The molecule has 0 N–H and O–H groups in total. The molecular weight excluding hydrogens is 216 g/mol. The number of hydrogen-bond donors (Lipinski definition) is 0. The van der Waals surface area contributed by atoms with E-state index in [2.05, 4.69) is 0 Å². The minimum atomic E-state index is -0.478. The summed E-state index contributed by atoms with van der Waals surface area (Å²) in [5, 5.41) is -0.478. The number of carbonyl (C=O) groups is 2. The van der Waals surface area contributed by atoms with Crippen molar-refractivity contribution in [1.82, 2.24) is 9.80 Å². The molecule has 0 aromatic rings. The van der Waals surface area contributed by atoms with E-state index >= 15 is 0 Å². The smallest absolute Gasteiger partial charge is 0.240 e. The van der Waals surface area contributed by atoms with Gasteiger partial charge in [0.25, 0.3) is 0 Å². The van der Waals surface area contributed by atoms with Gasteiger partial charge in [0.05, 0.1) is 0 Å². The first kappa shape index (κ1) is 12.3. The fourth-order valence-electron chi connectivity index (χ4n) is 1.70. The van der Waals surface area contributed by atoms with E-state index in [0.29, 0.717) is 19.6 Å². The van der Waals surface area contributed by atoms with Gasteiger partial charge in [-0.1, -0.05) is 0 Å². The topological polar surface area (TPSA) is 40.6 Å². The number of rotatable bonds is 1. The van der Waals surface area contributed by atoms with Crippen LogP contribution in [0.5, 0.6) is 0 Å². The van der Waals surface area contributed by atoms with Crippen molar-refractivity contribution in [2.45, 2.75) is 25.6 Å². The predicted octanol–water partition coefficient (Wildman–Crippen LogP) is 0.694. The van der Waals surface area contributed by atoms with Gasteiger partial charge in [0.2, 0.25) is 11.8 Å². The van der Waals surface area contributed by atoms with E-state index in [0.717, 1.165) is 13.0 Å². The first-order chi connectivity index (χ1) is 7.02. The Morgan fingerprint density at radius 3 is 2.20 bits per heavy atom. The number of alkyl halides is 1. The SMILES string of the molecule is CC(=O)N1CCCN(C(=O)C(C)Cl)CC1. The Labute approximate surface area is 95.2 Å². The summed E-state index contributed by atoms with van der Waals surface area (Å²) in [5.74, 6) is 0.0327. The van der Waals surface area contributed by atoms with Gasteiger partial charge in [-0.2, -0.15) is 0 Å². The summed E-state index contributed by atoms with van der Waals surface area (Å²) in [6.45, 7) is 5.87. The molecule has 5 heteroatoms. The third-order valence-electron chi connectivity index (χ3n) is 2.59. The van der Waals surface area contributed by atoms with Gasteiger partial charge in [-0.15, -0.1) is 11.6 Å². The summed E-state index contributed by atoms with van der Waals surface area (Å²) in [5.41, 5.74) is 0. The van der Waals surface area contributed by atoms with Crippen LogP contribution in [0.4, 0.5) is 0 Å². The molecule has 0 spiro atoms. The van der Waals surface area contributed by atoms with Crippen molar-refractivity contribution in [2.75, 3.05) is 26.2 Å². The van der Waals surface area contributed by atoms with Gasteiger partial charge in [0, 0.05) is 33.1 Å². The maximum atomic E-state index is 11.6. The van der Waals surface area contributed by atoms with E-state index in [1.165, 1.54) is 0 Å². The normalized spacial score (nSPS) is 19.7. The van der Waals surface area contributed by atoms with Crippen LogP contribution in [0.3, 0.4) is 0 Å². The van der Waals surface area contributed by atoms with Gasteiger partial charge in [-0.05, 0) is 13.3 Å². The minimum absolute atomic E-state index is 0.0398. The van der Waals surface area contributed by atoms with E-state index in [-0.39, 0.29) is 11.8 Å². The zero-order valence-corrected chi connectivity index (χ0v) is 9.96. The Hall–Kier alpha value is -0.770. The van der Waals surface area contributed by atoms with Gasteiger partial charge in [0.1, 0.15) is 5.38 Å². The van der Waals surface area contributed by atoms with Crippen LogP contribution < -0.4 is 0 Å². The first-order valence-electron chi connectivity index (χ1n) is 5.20. The van der Waals surface area contributed by atoms with Gasteiger partial charge >= 0.3 is 0 Å². The average Bonchev–Trinajstić information content (AvgIpc) is 2.41. The van der Waals surface area contributed by atoms with Crippen molar-refractivity contribution in [3.8, 4) is 0 Å². The highest BCUT2D eigenvalue weighted by Crippen LogP contribution is 2.07. The summed E-state index contributed by atoms with van der Waals surface area (Å²) in [6, 6.07) is 0. The van der Waals surface area contributed by atoms with E-state index in [4.69, 9.17) is 11.6 Å². The molecule has 1 rings (SSSR count). The van der Waals surface area contributed by atoms with Crippen LogP contribution in [-0.4, -0.2) is 53.2 Å². The molecule has 86 valence electrons. The maximum absolute atomic E-state index is 11.6. The van der Waals surface area contributed by atoms with Crippen molar-refractivity contribution >= 4 is 23.4 Å². The number of amides is 2. The Balaban J connectivity index is 2.52. The highest BCUT2D eigenvalue weighted by Gasteiger charge is 2.22. The second-order valence-electron chi connectivity index (χ2n) is 3.80. The lowest BCUT2D eigenvalue weighted by Crippen LogP contribution is -2.39. The van der Waals surface area contributed by atoms with Crippen LogP contribution in [0.2, 0.25) is 0 Å². The largest absolute Gasteiger partial charge is 0.341 e. The molecule has 0 saturated carbocycles. The molecule has 1 atom stereocenters. The van der Waals surface area contributed by atoms with Crippen LogP contribution in [-0.2, 0) is 9.59 Å². The molecule has 4 nitrogen and oxygen atoms in total. The third-order valence-corrected chi connectivity index (χ3v) is 2.78. The lowest BCUT2D eigenvalue weighted by Gasteiger charge is -2.22. The maximum Gasteiger partial charge on any atom is 0.240 e. The second kappa shape index (κ2) is 5.35. The van der Waals surface area contributed by atoms with Crippen molar-refractivity contribution < 1.29 is 9.59 Å². The molecular formula is C10H17ClN2O2. The van der Waals surface area contributed by atoms with Gasteiger partial charge < -0.3 is 9.80 Å². The summed E-state index contributed by atoms with van der Waals surface area (Å²) in [6.07, 6.45) is 0.828. The molecule has 0 aromatic heterocycles. The van der Waals surface area contributed by atoms with Gasteiger partial charge in [-0.3, -0.25) is 9.59 Å². The molecule has 0 aromatic carbocycles. The summed E-state index contributed by atoms with van der Waals surface area (Å²) < 4.78 is 0. The quantitative estimate of drug-likeness (QED) is 0.625. The molecule has 1 heterocycles. The van der Waals surface area contributed by atoms with Crippen LogP contribution in [0.15, 0.2) is 0 Å². The van der Waals surface area contributed by atoms with Crippen LogP contribution in [0.1, 0.15) is 20.3 Å². The molecule has 15 heavy (non-hydrogen) atoms. The highest BCUT2D eigenvalue weighted by atomic mass is 35.5. The molecule has 1 fully saturated rings. The van der Waals surface area contributed by atoms with E-state index in [1.807, 2.05) is 0 Å². The molecule has 1 saturated heterocycles. The molecule has 1 aliphatic rings. The number of halogens is 1. The molecule has 1 unspecified atom stereocenters. The summed E-state index contributed by atoms with van der Waals surface area (Å²) in [7, 11) is 0. The lowest BCUT2D eigenvalue weighted by molar-refractivity contribution is -0.132. The lowest BCUT2D eigenvalue weighted by atomic mass is 10.3. The predicted molar refractivity (Wildman–Crippen MR) is 58.8 cm³/mol. The molecule has 0 radical (unpaired) electrons. The van der Waals surface area contributed by atoms with Crippen molar-refractivity contribution in [2.24, 2.45) is 0 Å². The van der Waals surface area contributed by atoms with Crippen molar-refractivity contribution in [3.63, 3.8) is 0 Å². The fourth-order valence-corrected chi connectivity index (χ4v) is 1.84. The Bertz CT molecular complexity index is 256. The molecule has 0 bridgehead atoms. The third kappa shape index (κ3) is 3.38. The van der Waals surface area contributed by atoms with Gasteiger partial charge in [0.15, 0.2) is 0 Å². The Morgan fingerprint density at radius 1 is 1.13 bits per heavy atom. The number of hydrogen-bond acceptors (Lipinski definition) is 2. The van der Waals surface area contributed by atoms with Crippen molar-refractivity contribution in [3.05, 3.63) is 0 Å². The zero-order chi connectivity index (χ0) is 11.4.